The van der Waals surface area contributed by atoms with E-state index < -0.39 is 0 Å². The van der Waals surface area contributed by atoms with Crippen LogP contribution >= 0.6 is 27.5 Å². The highest BCUT2D eigenvalue weighted by atomic mass is 79.9. The fraction of sp³-hybridized carbons (Fsp3) is 0.316. The third-order valence-corrected chi connectivity index (χ3v) is 4.80. The van der Waals surface area contributed by atoms with Crippen LogP contribution in [-0.2, 0) is 19.7 Å². The number of hydrogen-bond donors (Lipinski definition) is 1. The van der Waals surface area contributed by atoms with Gasteiger partial charge < -0.3 is 14.8 Å². The molecule has 0 atom stereocenters. The summed E-state index contributed by atoms with van der Waals surface area (Å²) in [5, 5.41) is 15.6. The van der Waals surface area contributed by atoms with Crippen LogP contribution in [0.4, 0.5) is 5.95 Å². The zero-order chi connectivity index (χ0) is 19.9. The van der Waals surface area contributed by atoms with Gasteiger partial charge in [0.25, 0.3) is 0 Å². The molecule has 0 fully saturated rings. The Bertz CT molecular complexity index is 934. The Balaban J connectivity index is 1.71. The summed E-state index contributed by atoms with van der Waals surface area (Å²) in [5.41, 5.74) is 1.99. The Morgan fingerprint density at radius 2 is 2.07 bits per heavy atom. The van der Waals surface area contributed by atoms with Crippen LogP contribution in [0.3, 0.4) is 0 Å². The number of anilines is 1. The summed E-state index contributed by atoms with van der Waals surface area (Å²) < 4.78 is 14.0. The molecule has 0 saturated carbocycles. The third kappa shape index (κ3) is 5.14. The number of methoxy groups -OCH3 is 1. The second-order valence-corrected chi connectivity index (χ2v) is 7.40. The summed E-state index contributed by atoms with van der Waals surface area (Å²) in [4.78, 5) is 0. The minimum Gasteiger partial charge on any atom is -0.493 e. The van der Waals surface area contributed by atoms with E-state index in [4.69, 9.17) is 21.1 Å². The number of nitrogens with one attached hydrogen (secondary N) is 1. The van der Waals surface area contributed by atoms with Gasteiger partial charge in [0, 0.05) is 18.1 Å². The van der Waals surface area contributed by atoms with E-state index in [9.17, 15) is 0 Å². The van der Waals surface area contributed by atoms with Gasteiger partial charge in [-0.3, -0.25) is 0 Å². The first-order chi connectivity index (χ1) is 13.6. The van der Waals surface area contributed by atoms with Crippen molar-refractivity contribution in [1.82, 2.24) is 20.2 Å². The zero-order valence-electron chi connectivity index (χ0n) is 15.7. The second-order valence-electron chi connectivity index (χ2n) is 6.11. The van der Waals surface area contributed by atoms with Gasteiger partial charge in [0.2, 0.25) is 5.95 Å². The predicted molar refractivity (Wildman–Crippen MR) is 112 cm³/mol. The summed E-state index contributed by atoms with van der Waals surface area (Å²) in [6.07, 6.45) is 0.956. The number of rotatable bonds is 9. The van der Waals surface area contributed by atoms with Crippen molar-refractivity contribution in [3.63, 3.8) is 0 Å². The van der Waals surface area contributed by atoms with Gasteiger partial charge in [-0.05, 0) is 68.2 Å². The van der Waals surface area contributed by atoms with Crippen molar-refractivity contribution in [2.75, 3.05) is 12.4 Å². The minimum absolute atomic E-state index is 0.388. The topological polar surface area (TPSA) is 74.1 Å². The van der Waals surface area contributed by atoms with Gasteiger partial charge in [0.05, 0.1) is 11.6 Å². The molecular formula is C19H21BrClN5O2. The highest BCUT2D eigenvalue weighted by Gasteiger charge is 2.13. The number of aryl methyl sites for hydroxylation is 1. The Hall–Kier alpha value is -2.32. The lowest BCUT2D eigenvalue weighted by atomic mass is 10.2. The molecule has 7 nitrogen and oxygen atoms in total. The number of hydrogen-bond acceptors (Lipinski definition) is 6. The first-order valence-corrected chi connectivity index (χ1v) is 10.0. The third-order valence-electron chi connectivity index (χ3n) is 3.98. The van der Waals surface area contributed by atoms with Crippen LogP contribution in [0.25, 0.3) is 0 Å². The lowest BCUT2D eigenvalue weighted by molar-refractivity contribution is 0.282. The molecule has 0 bridgehead atoms. The molecule has 0 radical (unpaired) electrons. The van der Waals surface area contributed by atoms with Gasteiger partial charge in [-0.25, -0.2) is 4.68 Å². The van der Waals surface area contributed by atoms with Gasteiger partial charge in [-0.2, -0.15) is 0 Å². The van der Waals surface area contributed by atoms with E-state index in [-0.39, 0.29) is 0 Å². The summed E-state index contributed by atoms with van der Waals surface area (Å²) in [5.74, 6) is 1.92. The number of halogens is 2. The molecule has 1 heterocycles. The van der Waals surface area contributed by atoms with E-state index in [1.165, 1.54) is 0 Å². The molecule has 2 aromatic carbocycles. The van der Waals surface area contributed by atoms with Crippen molar-refractivity contribution in [2.24, 2.45) is 0 Å². The van der Waals surface area contributed by atoms with Gasteiger partial charge in [-0.15, -0.1) is 0 Å². The molecule has 1 aromatic heterocycles. The number of ether oxygens (including phenoxy) is 2. The van der Waals surface area contributed by atoms with E-state index in [1.54, 1.807) is 11.8 Å². The van der Waals surface area contributed by atoms with Crippen molar-refractivity contribution in [1.29, 1.82) is 0 Å². The Morgan fingerprint density at radius 1 is 1.21 bits per heavy atom. The van der Waals surface area contributed by atoms with Crippen molar-refractivity contribution < 1.29 is 9.47 Å². The zero-order valence-corrected chi connectivity index (χ0v) is 18.0. The average Bonchev–Trinajstić information content (AvgIpc) is 3.12. The number of benzene rings is 2. The largest absolute Gasteiger partial charge is 0.493 e. The van der Waals surface area contributed by atoms with E-state index in [0.29, 0.717) is 35.6 Å². The van der Waals surface area contributed by atoms with Crippen LogP contribution in [0.1, 0.15) is 24.5 Å². The Morgan fingerprint density at radius 3 is 2.82 bits per heavy atom. The summed E-state index contributed by atoms with van der Waals surface area (Å²) in [7, 11) is 1.62. The molecular weight excluding hydrogens is 446 g/mol. The maximum absolute atomic E-state index is 6.03. The second kappa shape index (κ2) is 9.75. The molecule has 9 heteroatoms. The first-order valence-electron chi connectivity index (χ1n) is 8.84. The lowest BCUT2D eigenvalue weighted by Crippen LogP contribution is -2.09. The number of nitrogens with zero attached hydrogens (tertiary/aromatic N) is 4. The molecule has 148 valence electrons. The molecule has 1 N–H and O–H groups in total. The highest BCUT2D eigenvalue weighted by Crippen LogP contribution is 2.37. The summed E-state index contributed by atoms with van der Waals surface area (Å²) >= 11 is 9.61. The van der Waals surface area contributed by atoms with Crippen molar-refractivity contribution in [2.45, 2.75) is 33.0 Å². The molecule has 0 aliphatic carbocycles. The van der Waals surface area contributed by atoms with Crippen LogP contribution in [0.15, 0.2) is 40.9 Å². The number of aromatic nitrogens is 4. The first kappa shape index (κ1) is 20.4. The van der Waals surface area contributed by atoms with Crippen molar-refractivity contribution in [3.05, 3.63) is 57.0 Å². The van der Waals surface area contributed by atoms with E-state index in [0.717, 1.165) is 28.6 Å². The molecule has 3 aromatic rings. The minimum atomic E-state index is 0.388. The van der Waals surface area contributed by atoms with Gasteiger partial charge >= 0.3 is 0 Å². The monoisotopic (exact) mass is 465 g/mol. The van der Waals surface area contributed by atoms with Gasteiger partial charge in [-0.1, -0.05) is 35.8 Å². The molecule has 3 rings (SSSR count). The normalized spacial score (nSPS) is 10.7. The maximum Gasteiger partial charge on any atom is 0.243 e. The fourth-order valence-electron chi connectivity index (χ4n) is 2.67. The maximum atomic E-state index is 6.03. The summed E-state index contributed by atoms with van der Waals surface area (Å²) in [6.45, 7) is 3.78. The van der Waals surface area contributed by atoms with Crippen LogP contribution in [0.5, 0.6) is 11.5 Å². The summed E-state index contributed by atoms with van der Waals surface area (Å²) in [6, 6.07) is 11.5. The quantitative estimate of drug-likeness (QED) is 0.493. The lowest BCUT2D eigenvalue weighted by Gasteiger charge is -2.15. The van der Waals surface area contributed by atoms with Gasteiger partial charge in [0.1, 0.15) is 6.61 Å². The molecule has 28 heavy (non-hydrogen) atoms. The molecule has 0 amide bonds. The smallest absolute Gasteiger partial charge is 0.243 e. The van der Waals surface area contributed by atoms with Crippen LogP contribution in [0.2, 0.25) is 5.02 Å². The van der Waals surface area contributed by atoms with Crippen LogP contribution in [0, 0.1) is 0 Å². The van der Waals surface area contributed by atoms with E-state index >= 15 is 0 Å². The molecule has 0 saturated heterocycles. The highest BCUT2D eigenvalue weighted by molar-refractivity contribution is 9.10. The van der Waals surface area contributed by atoms with E-state index in [1.807, 2.05) is 36.4 Å². The van der Waals surface area contributed by atoms with Crippen molar-refractivity contribution in [3.8, 4) is 11.5 Å². The fourth-order valence-corrected chi connectivity index (χ4v) is 3.49. The Labute approximate surface area is 177 Å². The molecule has 0 aliphatic rings. The van der Waals surface area contributed by atoms with Crippen LogP contribution in [-0.4, -0.2) is 27.3 Å². The predicted octanol–water partition coefficient (Wildman–Crippen LogP) is 4.70. The van der Waals surface area contributed by atoms with E-state index in [2.05, 4.69) is 43.7 Å². The van der Waals surface area contributed by atoms with Crippen LogP contribution < -0.4 is 14.8 Å². The van der Waals surface area contributed by atoms with Crippen molar-refractivity contribution >= 4 is 33.5 Å². The molecule has 0 unspecified atom stereocenters. The Kier molecular flexibility index (Phi) is 7.11. The number of tetrazole rings is 1. The average molecular weight is 467 g/mol. The molecule has 0 spiro atoms. The molecule has 0 aliphatic heterocycles. The standard InChI is InChI=1S/C19H21BrClN5O2/c1-3-7-26-19(23-24-25-26)22-11-14-9-16(20)18(17(10-14)27-2)28-12-13-5-4-6-15(21)8-13/h4-6,8-10H,3,7,11-12H2,1-2H3,(H,22,23,25). The van der Waals surface area contributed by atoms with Gasteiger partial charge in [0.15, 0.2) is 11.5 Å². The SMILES string of the molecule is CCCn1nnnc1NCc1cc(Br)c(OCc2cccc(Cl)c2)c(OC)c1.